The number of thioether (sulfide) groups is 1. The summed E-state index contributed by atoms with van der Waals surface area (Å²) in [4.78, 5) is 4.42. The molecular formula is C13H16FN3S. The van der Waals surface area contributed by atoms with Gasteiger partial charge in [-0.2, -0.15) is 0 Å². The van der Waals surface area contributed by atoms with Crippen molar-refractivity contribution in [2.75, 3.05) is 0 Å². The Morgan fingerprint density at radius 3 is 2.39 bits per heavy atom. The highest BCUT2D eigenvalue weighted by atomic mass is 32.2. The highest BCUT2D eigenvalue weighted by Gasteiger charge is 2.12. The van der Waals surface area contributed by atoms with E-state index in [1.165, 1.54) is 12.1 Å². The molecule has 0 saturated carbocycles. The molecule has 0 aliphatic heterocycles. The fraction of sp³-hybridized carbons (Fsp3) is 0.385. The molecule has 5 heteroatoms. The van der Waals surface area contributed by atoms with Gasteiger partial charge in [-0.3, -0.25) is 5.10 Å². The van der Waals surface area contributed by atoms with Gasteiger partial charge >= 0.3 is 0 Å². The molecule has 1 aromatic heterocycles. The predicted octanol–water partition coefficient (Wildman–Crippen LogP) is 3.92. The molecule has 0 aliphatic rings. The Hall–Kier alpha value is -1.36. The maximum Gasteiger partial charge on any atom is 0.209 e. The number of aromatic nitrogens is 3. The van der Waals surface area contributed by atoms with E-state index in [2.05, 4.69) is 36.0 Å². The minimum absolute atomic E-state index is 0.196. The molecular weight excluding hydrogens is 249 g/mol. The van der Waals surface area contributed by atoms with Gasteiger partial charge < -0.3 is 0 Å². The number of nitrogens with one attached hydrogen (secondary N) is 1. The zero-order valence-electron chi connectivity index (χ0n) is 10.6. The minimum Gasteiger partial charge on any atom is -0.262 e. The summed E-state index contributed by atoms with van der Waals surface area (Å²) in [6.45, 7) is 6.19. The molecule has 0 unspecified atom stereocenters. The summed E-state index contributed by atoms with van der Waals surface area (Å²) in [5, 5.41) is 8.03. The normalized spacial score (nSPS) is 12.9. The van der Waals surface area contributed by atoms with E-state index >= 15 is 0 Å². The number of aromatic amines is 1. The van der Waals surface area contributed by atoms with Crippen LogP contribution < -0.4 is 0 Å². The maximum atomic E-state index is 12.8. The van der Waals surface area contributed by atoms with Gasteiger partial charge in [-0.25, -0.2) is 9.37 Å². The van der Waals surface area contributed by atoms with E-state index in [1.807, 2.05) is 0 Å². The van der Waals surface area contributed by atoms with Crippen LogP contribution in [0.1, 0.15) is 43.3 Å². The van der Waals surface area contributed by atoms with Crippen LogP contribution in [-0.2, 0) is 0 Å². The van der Waals surface area contributed by atoms with E-state index in [1.54, 1.807) is 23.9 Å². The Kier molecular flexibility index (Phi) is 4.01. The molecule has 0 spiro atoms. The van der Waals surface area contributed by atoms with Gasteiger partial charge in [0, 0.05) is 11.2 Å². The highest BCUT2D eigenvalue weighted by Crippen LogP contribution is 2.32. The first-order valence-corrected chi connectivity index (χ1v) is 6.78. The van der Waals surface area contributed by atoms with Gasteiger partial charge in [0.15, 0.2) is 0 Å². The molecule has 0 radical (unpaired) electrons. The first-order chi connectivity index (χ1) is 8.56. The van der Waals surface area contributed by atoms with Crippen molar-refractivity contribution in [1.82, 2.24) is 15.2 Å². The maximum absolute atomic E-state index is 12.8. The largest absolute Gasteiger partial charge is 0.262 e. The van der Waals surface area contributed by atoms with E-state index in [4.69, 9.17) is 0 Å². The third-order valence-corrected chi connectivity index (χ3v) is 3.67. The van der Waals surface area contributed by atoms with Crippen LogP contribution in [0.2, 0.25) is 0 Å². The van der Waals surface area contributed by atoms with Gasteiger partial charge in [-0.1, -0.05) is 37.7 Å². The number of benzene rings is 1. The lowest BCUT2D eigenvalue weighted by Crippen LogP contribution is -1.91. The Balaban J connectivity index is 2.06. The van der Waals surface area contributed by atoms with Gasteiger partial charge in [0.2, 0.25) is 5.16 Å². The summed E-state index contributed by atoms with van der Waals surface area (Å²) >= 11 is 1.56. The van der Waals surface area contributed by atoms with Gasteiger partial charge in [0.25, 0.3) is 0 Å². The monoisotopic (exact) mass is 265 g/mol. The van der Waals surface area contributed by atoms with Gasteiger partial charge in [-0.15, -0.1) is 5.10 Å². The molecule has 2 aromatic rings. The minimum atomic E-state index is -0.212. The standard InChI is InChI=1S/C13H16FN3S/c1-8(2)12-15-13(17-16-12)18-9(3)10-4-6-11(14)7-5-10/h4-9H,1-3H3,(H,15,16,17)/t9-/m1/s1. The molecule has 0 amide bonds. The van der Waals surface area contributed by atoms with Crippen LogP contribution in [0.4, 0.5) is 4.39 Å². The second-order valence-corrected chi connectivity index (χ2v) is 5.78. The first kappa shape index (κ1) is 13.1. The first-order valence-electron chi connectivity index (χ1n) is 5.90. The summed E-state index contributed by atoms with van der Waals surface area (Å²) < 4.78 is 12.8. The second kappa shape index (κ2) is 5.52. The second-order valence-electron chi connectivity index (χ2n) is 4.47. The zero-order chi connectivity index (χ0) is 13.1. The fourth-order valence-electron chi connectivity index (χ4n) is 1.53. The molecule has 3 nitrogen and oxygen atoms in total. The van der Waals surface area contributed by atoms with E-state index in [-0.39, 0.29) is 11.1 Å². The number of H-pyrrole nitrogens is 1. The molecule has 0 saturated heterocycles. The molecule has 1 atom stereocenters. The quantitative estimate of drug-likeness (QED) is 0.852. The van der Waals surface area contributed by atoms with Crippen LogP contribution >= 0.6 is 11.8 Å². The van der Waals surface area contributed by atoms with Crippen LogP contribution in [0, 0.1) is 5.82 Å². The molecule has 2 rings (SSSR count). The molecule has 0 aliphatic carbocycles. The Bertz CT molecular complexity index is 507. The molecule has 96 valence electrons. The van der Waals surface area contributed by atoms with Crippen molar-refractivity contribution in [2.24, 2.45) is 0 Å². The van der Waals surface area contributed by atoms with E-state index in [0.717, 1.165) is 16.5 Å². The predicted molar refractivity (Wildman–Crippen MR) is 71.1 cm³/mol. The summed E-state index contributed by atoms with van der Waals surface area (Å²) in [7, 11) is 0. The average Bonchev–Trinajstić information content (AvgIpc) is 2.78. The zero-order valence-corrected chi connectivity index (χ0v) is 11.5. The van der Waals surface area contributed by atoms with Crippen LogP contribution in [0.25, 0.3) is 0 Å². The molecule has 18 heavy (non-hydrogen) atoms. The van der Waals surface area contributed by atoms with Crippen molar-refractivity contribution in [3.63, 3.8) is 0 Å². The Morgan fingerprint density at radius 2 is 1.83 bits per heavy atom. The molecule has 1 N–H and O–H groups in total. The number of nitrogens with zero attached hydrogens (tertiary/aromatic N) is 2. The van der Waals surface area contributed by atoms with Crippen molar-refractivity contribution < 1.29 is 4.39 Å². The van der Waals surface area contributed by atoms with Crippen LogP contribution in [0.5, 0.6) is 0 Å². The summed E-state index contributed by atoms with van der Waals surface area (Å²) in [6.07, 6.45) is 0. The summed E-state index contributed by atoms with van der Waals surface area (Å²) in [5.41, 5.74) is 1.07. The van der Waals surface area contributed by atoms with Gasteiger partial charge in [-0.05, 0) is 24.6 Å². The van der Waals surface area contributed by atoms with Crippen molar-refractivity contribution >= 4 is 11.8 Å². The topological polar surface area (TPSA) is 41.6 Å². The molecule has 1 aromatic carbocycles. The lowest BCUT2D eigenvalue weighted by molar-refractivity contribution is 0.627. The number of halogens is 1. The summed E-state index contributed by atoms with van der Waals surface area (Å²) in [6, 6.07) is 6.54. The van der Waals surface area contributed by atoms with E-state index < -0.39 is 0 Å². The molecule has 0 fully saturated rings. The lowest BCUT2D eigenvalue weighted by atomic mass is 10.2. The van der Waals surface area contributed by atoms with Crippen LogP contribution in [0.15, 0.2) is 29.4 Å². The highest BCUT2D eigenvalue weighted by molar-refractivity contribution is 7.99. The number of hydrogen-bond acceptors (Lipinski definition) is 3. The smallest absolute Gasteiger partial charge is 0.209 e. The fourth-order valence-corrected chi connectivity index (χ4v) is 2.39. The number of rotatable bonds is 4. The van der Waals surface area contributed by atoms with E-state index in [0.29, 0.717) is 5.92 Å². The average molecular weight is 265 g/mol. The Labute approximate surface area is 110 Å². The third kappa shape index (κ3) is 3.10. The van der Waals surface area contributed by atoms with Crippen LogP contribution in [0.3, 0.4) is 0 Å². The Morgan fingerprint density at radius 1 is 1.17 bits per heavy atom. The molecule has 0 bridgehead atoms. The van der Waals surface area contributed by atoms with Crippen molar-refractivity contribution in [2.45, 2.75) is 37.1 Å². The van der Waals surface area contributed by atoms with Crippen LogP contribution in [-0.4, -0.2) is 15.2 Å². The SMILES string of the molecule is CC(C)c1nc(S[C@H](C)c2ccc(F)cc2)n[nH]1. The summed E-state index contributed by atoms with van der Waals surface area (Å²) in [5.74, 6) is 1.02. The lowest BCUT2D eigenvalue weighted by Gasteiger charge is -2.08. The van der Waals surface area contributed by atoms with Crippen molar-refractivity contribution in [1.29, 1.82) is 0 Å². The van der Waals surface area contributed by atoms with E-state index in [9.17, 15) is 4.39 Å². The van der Waals surface area contributed by atoms with Gasteiger partial charge in [0.05, 0.1) is 0 Å². The van der Waals surface area contributed by atoms with Crippen molar-refractivity contribution in [3.05, 3.63) is 41.5 Å². The van der Waals surface area contributed by atoms with Crippen molar-refractivity contribution in [3.8, 4) is 0 Å². The molecule has 1 heterocycles. The van der Waals surface area contributed by atoms with Gasteiger partial charge in [0.1, 0.15) is 11.6 Å². The number of hydrogen-bond donors (Lipinski definition) is 1. The third-order valence-electron chi connectivity index (χ3n) is 2.65.